The van der Waals surface area contributed by atoms with Gasteiger partial charge in [0.05, 0.1) is 12.2 Å². The molecule has 0 unspecified atom stereocenters. The second-order valence-corrected chi connectivity index (χ2v) is 5.60. The van der Waals surface area contributed by atoms with E-state index >= 15 is 0 Å². The zero-order chi connectivity index (χ0) is 13.0. The van der Waals surface area contributed by atoms with Crippen molar-refractivity contribution in [2.45, 2.75) is 51.2 Å². The van der Waals surface area contributed by atoms with Crippen LogP contribution in [0.3, 0.4) is 0 Å². The summed E-state index contributed by atoms with van der Waals surface area (Å²) in [5.74, 6) is 0.266. The third-order valence-electron chi connectivity index (χ3n) is 4.31. The number of benzene rings is 1. The van der Waals surface area contributed by atoms with Crippen molar-refractivity contribution < 1.29 is 10.2 Å². The van der Waals surface area contributed by atoms with Gasteiger partial charge in [-0.05, 0) is 24.3 Å². The molecule has 0 aliphatic heterocycles. The van der Waals surface area contributed by atoms with Crippen molar-refractivity contribution in [1.82, 2.24) is 0 Å². The predicted octanol–water partition coefficient (Wildman–Crippen LogP) is 3.30. The van der Waals surface area contributed by atoms with E-state index in [9.17, 15) is 10.2 Å². The first-order chi connectivity index (χ1) is 8.70. The van der Waals surface area contributed by atoms with Crippen molar-refractivity contribution in [3.05, 3.63) is 35.9 Å². The van der Waals surface area contributed by atoms with Crippen molar-refractivity contribution in [3.8, 4) is 0 Å². The summed E-state index contributed by atoms with van der Waals surface area (Å²) < 4.78 is 0. The van der Waals surface area contributed by atoms with Gasteiger partial charge in [0.1, 0.15) is 0 Å². The van der Waals surface area contributed by atoms with Crippen molar-refractivity contribution >= 4 is 0 Å². The topological polar surface area (TPSA) is 40.5 Å². The molecule has 2 N–H and O–H groups in total. The molecule has 0 amide bonds. The Morgan fingerprint density at radius 3 is 2.22 bits per heavy atom. The summed E-state index contributed by atoms with van der Waals surface area (Å²) in [7, 11) is 0. The molecule has 0 saturated heterocycles. The third kappa shape index (κ3) is 3.12. The fraction of sp³-hybridized carbons (Fsp3) is 0.625. The Hall–Kier alpha value is -0.860. The van der Waals surface area contributed by atoms with Gasteiger partial charge in [-0.25, -0.2) is 0 Å². The molecule has 18 heavy (non-hydrogen) atoms. The molecule has 0 bridgehead atoms. The molecule has 100 valence electrons. The van der Waals surface area contributed by atoms with Crippen LogP contribution in [0, 0.1) is 11.8 Å². The van der Waals surface area contributed by atoms with Crippen molar-refractivity contribution in [3.63, 3.8) is 0 Å². The molecule has 0 spiro atoms. The SMILES string of the molecule is C[C@H]([C@H](O)c1ccccc1)[C@H](O)C1CCCCC1. The molecule has 1 aromatic carbocycles. The van der Waals surface area contributed by atoms with Gasteiger partial charge in [-0.15, -0.1) is 0 Å². The summed E-state index contributed by atoms with van der Waals surface area (Å²) in [4.78, 5) is 0. The van der Waals surface area contributed by atoms with E-state index in [1.54, 1.807) is 0 Å². The van der Waals surface area contributed by atoms with E-state index in [0.29, 0.717) is 5.92 Å². The van der Waals surface area contributed by atoms with Gasteiger partial charge in [0.25, 0.3) is 0 Å². The lowest BCUT2D eigenvalue weighted by Crippen LogP contribution is -2.32. The lowest BCUT2D eigenvalue weighted by atomic mass is 9.78. The van der Waals surface area contributed by atoms with Gasteiger partial charge >= 0.3 is 0 Å². The maximum Gasteiger partial charge on any atom is 0.0840 e. The van der Waals surface area contributed by atoms with Gasteiger partial charge in [0.15, 0.2) is 0 Å². The third-order valence-corrected chi connectivity index (χ3v) is 4.31. The van der Waals surface area contributed by atoms with Gasteiger partial charge in [0, 0.05) is 5.92 Å². The van der Waals surface area contributed by atoms with Gasteiger partial charge in [-0.2, -0.15) is 0 Å². The number of aliphatic hydroxyl groups excluding tert-OH is 2. The Labute approximate surface area is 110 Å². The minimum absolute atomic E-state index is 0.101. The van der Waals surface area contributed by atoms with E-state index < -0.39 is 6.10 Å². The number of aliphatic hydroxyl groups is 2. The van der Waals surface area contributed by atoms with E-state index in [-0.39, 0.29) is 12.0 Å². The molecule has 2 heteroatoms. The van der Waals surface area contributed by atoms with Crippen LogP contribution >= 0.6 is 0 Å². The maximum absolute atomic E-state index is 10.4. The molecular formula is C16H24O2. The minimum atomic E-state index is -0.567. The highest BCUT2D eigenvalue weighted by Crippen LogP contribution is 2.34. The summed E-state index contributed by atoms with van der Waals surface area (Å²) in [6.07, 6.45) is 4.98. The number of rotatable bonds is 4. The summed E-state index contributed by atoms with van der Waals surface area (Å²) in [5, 5.41) is 20.7. The van der Waals surface area contributed by atoms with Crippen molar-refractivity contribution in [2.75, 3.05) is 0 Å². The molecule has 2 nitrogen and oxygen atoms in total. The fourth-order valence-electron chi connectivity index (χ4n) is 3.05. The van der Waals surface area contributed by atoms with Crippen LogP contribution in [0.2, 0.25) is 0 Å². The normalized spacial score (nSPS) is 22.4. The summed E-state index contributed by atoms with van der Waals surface area (Å²) >= 11 is 0. The molecule has 1 aliphatic rings. The number of hydrogen-bond donors (Lipinski definition) is 2. The maximum atomic E-state index is 10.4. The standard InChI is InChI=1S/C16H24O2/c1-12(15(17)13-8-4-2-5-9-13)16(18)14-10-6-3-7-11-14/h2,4-5,8-9,12,14-18H,3,6-7,10-11H2,1H3/t12-,15+,16+/m1/s1. The van der Waals surface area contributed by atoms with Crippen LogP contribution in [0.25, 0.3) is 0 Å². The fourth-order valence-corrected chi connectivity index (χ4v) is 3.05. The molecule has 1 saturated carbocycles. The Morgan fingerprint density at radius 1 is 1.00 bits per heavy atom. The lowest BCUT2D eigenvalue weighted by Gasteiger charge is -2.33. The first-order valence-corrected chi connectivity index (χ1v) is 7.11. The molecule has 0 heterocycles. The van der Waals surface area contributed by atoms with Crippen LogP contribution in [-0.2, 0) is 0 Å². The molecule has 2 rings (SSSR count). The van der Waals surface area contributed by atoms with Crippen LogP contribution in [0.5, 0.6) is 0 Å². The van der Waals surface area contributed by atoms with E-state index in [1.165, 1.54) is 19.3 Å². The first kappa shape index (κ1) is 13.6. The first-order valence-electron chi connectivity index (χ1n) is 7.11. The molecule has 0 aromatic heterocycles. The van der Waals surface area contributed by atoms with Gasteiger partial charge in [0.2, 0.25) is 0 Å². The van der Waals surface area contributed by atoms with Crippen LogP contribution in [0.4, 0.5) is 0 Å². The average molecular weight is 248 g/mol. The second kappa shape index (κ2) is 6.35. The molecule has 1 fully saturated rings. The van der Waals surface area contributed by atoms with Gasteiger partial charge in [-0.1, -0.05) is 56.5 Å². The van der Waals surface area contributed by atoms with Crippen LogP contribution in [-0.4, -0.2) is 16.3 Å². The highest BCUT2D eigenvalue weighted by molar-refractivity contribution is 5.18. The predicted molar refractivity (Wildman–Crippen MR) is 73.1 cm³/mol. The quantitative estimate of drug-likeness (QED) is 0.858. The van der Waals surface area contributed by atoms with Gasteiger partial charge in [-0.3, -0.25) is 0 Å². The van der Waals surface area contributed by atoms with Crippen molar-refractivity contribution in [1.29, 1.82) is 0 Å². The summed E-state index contributed by atoms with van der Waals surface area (Å²) in [6, 6.07) is 9.65. The Balaban J connectivity index is 1.99. The second-order valence-electron chi connectivity index (χ2n) is 5.60. The molecule has 0 radical (unpaired) electrons. The monoisotopic (exact) mass is 248 g/mol. The summed E-state index contributed by atoms with van der Waals surface area (Å²) in [5.41, 5.74) is 0.903. The Morgan fingerprint density at radius 2 is 1.61 bits per heavy atom. The van der Waals surface area contributed by atoms with E-state index in [1.807, 2.05) is 37.3 Å². The van der Waals surface area contributed by atoms with E-state index in [2.05, 4.69) is 0 Å². The van der Waals surface area contributed by atoms with Crippen LogP contribution in [0.15, 0.2) is 30.3 Å². The highest BCUT2D eigenvalue weighted by atomic mass is 16.3. The van der Waals surface area contributed by atoms with Crippen LogP contribution in [0.1, 0.15) is 50.7 Å². The smallest absolute Gasteiger partial charge is 0.0840 e. The number of hydrogen-bond acceptors (Lipinski definition) is 2. The molecule has 1 aromatic rings. The highest BCUT2D eigenvalue weighted by Gasteiger charge is 2.30. The lowest BCUT2D eigenvalue weighted by molar-refractivity contribution is -0.0207. The molecule has 3 atom stereocenters. The largest absolute Gasteiger partial charge is 0.392 e. The Bertz CT molecular complexity index is 343. The summed E-state index contributed by atoms with van der Waals surface area (Å²) in [6.45, 7) is 1.96. The zero-order valence-electron chi connectivity index (χ0n) is 11.1. The van der Waals surface area contributed by atoms with E-state index in [0.717, 1.165) is 18.4 Å². The molecular weight excluding hydrogens is 224 g/mol. The zero-order valence-corrected chi connectivity index (χ0v) is 11.1. The Kier molecular flexibility index (Phi) is 4.79. The van der Waals surface area contributed by atoms with Crippen LogP contribution < -0.4 is 0 Å². The van der Waals surface area contributed by atoms with E-state index in [4.69, 9.17) is 0 Å². The minimum Gasteiger partial charge on any atom is -0.392 e. The average Bonchev–Trinajstić information content (AvgIpc) is 2.47. The van der Waals surface area contributed by atoms with Crippen molar-refractivity contribution in [2.24, 2.45) is 11.8 Å². The molecule has 1 aliphatic carbocycles. The van der Waals surface area contributed by atoms with Gasteiger partial charge < -0.3 is 10.2 Å².